The molecule has 1 saturated heterocycles. The molecule has 0 radical (unpaired) electrons. The molecule has 3 aliphatic rings. The number of nitrogens with zero attached hydrogens (tertiary/aromatic N) is 3. The molecule has 0 spiro atoms. The predicted octanol–water partition coefficient (Wildman–Crippen LogP) is 4.35. The molecule has 0 bridgehead atoms. The van der Waals surface area contributed by atoms with Gasteiger partial charge in [0.25, 0.3) is 0 Å². The van der Waals surface area contributed by atoms with Gasteiger partial charge in [0.2, 0.25) is 0 Å². The van der Waals surface area contributed by atoms with Crippen molar-refractivity contribution in [2.75, 3.05) is 42.4 Å². The number of carbonyl (C=O) groups excluding carboxylic acids is 1. The van der Waals surface area contributed by atoms with Gasteiger partial charge in [-0.3, -0.25) is 9.57 Å². The highest BCUT2D eigenvalue weighted by Gasteiger charge is 2.47. The molecule has 158 valence electrons. The molecule has 30 heavy (non-hydrogen) atoms. The first-order chi connectivity index (χ1) is 14.6. The topological polar surface area (TPSA) is 45.3 Å². The fourth-order valence-corrected chi connectivity index (χ4v) is 9.10. The molecule has 0 saturated carbocycles. The van der Waals surface area contributed by atoms with E-state index in [4.69, 9.17) is 21.3 Å². The zero-order valence-corrected chi connectivity index (χ0v) is 18.8. The molecule has 2 aromatic carbocycles. The van der Waals surface area contributed by atoms with Gasteiger partial charge in [-0.25, -0.2) is 9.46 Å². The fraction of sp³-hybridized carbons (Fsp3) is 0.409. The van der Waals surface area contributed by atoms with Crippen LogP contribution in [0.2, 0.25) is 0 Å². The van der Waals surface area contributed by atoms with Gasteiger partial charge in [-0.1, -0.05) is 36.4 Å². The van der Waals surface area contributed by atoms with Crippen LogP contribution in [0.1, 0.15) is 26.2 Å². The van der Waals surface area contributed by atoms with Gasteiger partial charge in [0.05, 0.1) is 11.4 Å². The van der Waals surface area contributed by atoms with Crippen LogP contribution in [-0.4, -0.2) is 43.5 Å². The van der Waals surface area contributed by atoms with E-state index >= 15 is 0 Å². The molecular weight excluding hydrogens is 417 g/mol. The lowest BCUT2D eigenvalue weighted by atomic mass is 10.2. The number of hydrogen-bond acceptors (Lipinski definition) is 4. The molecule has 3 heterocycles. The molecule has 0 N–H and O–H groups in total. The van der Waals surface area contributed by atoms with Crippen LogP contribution in [0, 0.1) is 0 Å². The number of ether oxygens (including phenoxy) is 2. The number of piperidine rings is 1. The first kappa shape index (κ1) is 19.9. The van der Waals surface area contributed by atoms with Gasteiger partial charge in [0.1, 0.15) is 19.6 Å². The van der Waals surface area contributed by atoms with E-state index in [9.17, 15) is 4.79 Å². The number of rotatable bonds is 3. The Kier molecular flexibility index (Phi) is 5.21. The summed E-state index contributed by atoms with van der Waals surface area (Å²) in [6, 6.07) is 13.8. The largest absolute Gasteiger partial charge is 0.486 e. The molecule has 1 atom stereocenters. The molecule has 1 fully saturated rings. The fourth-order valence-electron chi connectivity index (χ4n) is 4.53. The van der Waals surface area contributed by atoms with Gasteiger partial charge in [0, 0.05) is 31.0 Å². The second-order valence-corrected chi connectivity index (χ2v) is 11.8. The summed E-state index contributed by atoms with van der Waals surface area (Å²) in [5.41, 5.74) is 1.73. The Labute approximate surface area is 182 Å². The smallest absolute Gasteiger partial charge is 0.334 e. The van der Waals surface area contributed by atoms with Gasteiger partial charge in [-0.2, -0.15) is 0 Å². The Morgan fingerprint density at radius 2 is 1.67 bits per heavy atom. The van der Waals surface area contributed by atoms with Crippen LogP contribution < -0.4 is 24.3 Å². The maximum absolute atomic E-state index is 13.9. The monoisotopic (exact) mass is 443 g/mol. The number of amides is 2. The number of anilines is 2. The summed E-state index contributed by atoms with van der Waals surface area (Å²) >= 11 is 6.53. The maximum atomic E-state index is 13.9. The van der Waals surface area contributed by atoms with E-state index in [1.165, 1.54) is 6.42 Å². The van der Waals surface area contributed by atoms with Crippen LogP contribution in [0.3, 0.4) is 0 Å². The second kappa shape index (κ2) is 7.88. The van der Waals surface area contributed by atoms with Crippen molar-refractivity contribution in [2.24, 2.45) is 0 Å². The van der Waals surface area contributed by atoms with Gasteiger partial charge < -0.3 is 9.47 Å². The summed E-state index contributed by atoms with van der Waals surface area (Å²) in [5, 5.41) is 1.02. The predicted molar refractivity (Wildman–Crippen MR) is 124 cm³/mol. The summed E-state index contributed by atoms with van der Waals surface area (Å²) in [4.78, 5) is 15.7. The van der Waals surface area contributed by atoms with Gasteiger partial charge >= 0.3 is 6.03 Å². The number of hydrogen-bond donors (Lipinski definition) is 0. The normalized spacial score (nSPS) is 24.0. The van der Waals surface area contributed by atoms with Crippen molar-refractivity contribution in [1.29, 1.82) is 0 Å². The average molecular weight is 444 g/mol. The van der Waals surface area contributed by atoms with Gasteiger partial charge in [0.15, 0.2) is 11.5 Å². The number of benzene rings is 2. The van der Waals surface area contributed by atoms with Crippen molar-refractivity contribution in [3.63, 3.8) is 0 Å². The standard InChI is InChI=1S/C22H26N3O3PS/c1-2-24-18-15-19-20(28-14-13-27-19)16-21(18)29(30,23-11-7-4-8-12-23)25(22(24)26)17-9-5-3-6-10-17/h3,5-6,9-10,15-16H,2,4,7-8,11-14H2,1H3/t29-/m1/s1. The van der Waals surface area contributed by atoms with Gasteiger partial charge in [-0.15, -0.1) is 0 Å². The van der Waals surface area contributed by atoms with Crippen molar-refractivity contribution < 1.29 is 14.3 Å². The molecule has 6 nitrogen and oxygen atoms in total. The minimum Gasteiger partial charge on any atom is -0.486 e. The Bertz CT molecular complexity index is 1010. The first-order valence-electron chi connectivity index (χ1n) is 10.6. The molecule has 0 aromatic heterocycles. The molecule has 0 unspecified atom stereocenters. The molecule has 0 aliphatic carbocycles. The highest BCUT2D eigenvalue weighted by molar-refractivity contribution is 8.18. The Morgan fingerprint density at radius 1 is 1.00 bits per heavy atom. The van der Waals surface area contributed by atoms with Crippen molar-refractivity contribution in [3.8, 4) is 11.5 Å². The first-order valence-corrected chi connectivity index (χ1v) is 13.3. The maximum Gasteiger partial charge on any atom is 0.334 e. The van der Waals surface area contributed by atoms with Gasteiger partial charge in [-0.05, 0) is 38.0 Å². The number of fused-ring (bicyclic) bond motifs is 2. The summed E-state index contributed by atoms with van der Waals surface area (Å²) < 4.78 is 16.0. The van der Waals surface area contributed by atoms with Crippen LogP contribution >= 0.6 is 6.34 Å². The van der Waals surface area contributed by atoms with Crippen molar-refractivity contribution >= 4 is 40.9 Å². The summed E-state index contributed by atoms with van der Waals surface area (Å²) in [5.74, 6) is 1.42. The molecule has 2 amide bonds. The van der Waals surface area contributed by atoms with Crippen LogP contribution in [0.15, 0.2) is 42.5 Å². The van der Waals surface area contributed by atoms with Crippen LogP contribution in [0.4, 0.5) is 16.2 Å². The molecule has 5 rings (SSSR count). The van der Waals surface area contributed by atoms with Crippen molar-refractivity contribution in [3.05, 3.63) is 42.5 Å². The lowest BCUT2D eigenvalue weighted by Gasteiger charge is -2.50. The number of para-hydroxylation sites is 1. The van der Waals surface area contributed by atoms with E-state index in [1.807, 2.05) is 59.0 Å². The molecular formula is C22H26N3O3PS. The SMILES string of the molecule is CCN1C(=O)N(c2ccccc2)[P@](=S)(N2CCCCC2)c2cc3c(cc21)OCCO3. The van der Waals surface area contributed by atoms with Crippen LogP contribution in [0.5, 0.6) is 11.5 Å². The average Bonchev–Trinajstić information content (AvgIpc) is 2.80. The lowest BCUT2D eigenvalue weighted by Crippen LogP contribution is -2.53. The van der Waals surface area contributed by atoms with E-state index in [0.717, 1.165) is 48.4 Å². The highest BCUT2D eigenvalue weighted by atomic mass is 32.4. The third-order valence-corrected chi connectivity index (χ3v) is 10.8. The van der Waals surface area contributed by atoms with Crippen LogP contribution in [-0.2, 0) is 11.8 Å². The van der Waals surface area contributed by atoms with E-state index < -0.39 is 6.34 Å². The van der Waals surface area contributed by atoms with E-state index in [1.54, 1.807) is 0 Å². The van der Waals surface area contributed by atoms with Crippen LogP contribution in [0.25, 0.3) is 0 Å². The number of carbonyl (C=O) groups is 1. The summed E-state index contributed by atoms with van der Waals surface area (Å²) in [7, 11) is 0. The third kappa shape index (κ3) is 3.03. The summed E-state index contributed by atoms with van der Waals surface area (Å²) in [6.45, 7) is 5.42. The molecule has 3 aliphatic heterocycles. The zero-order chi connectivity index (χ0) is 20.7. The Morgan fingerprint density at radius 3 is 2.33 bits per heavy atom. The van der Waals surface area contributed by atoms with Crippen molar-refractivity contribution in [2.45, 2.75) is 26.2 Å². The lowest BCUT2D eigenvalue weighted by molar-refractivity contribution is 0.172. The zero-order valence-electron chi connectivity index (χ0n) is 17.1. The second-order valence-electron chi connectivity index (χ2n) is 7.72. The van der Waals surface area contributed by atoms with E-state index in [2.05, 4.69) is 4.67 Å². The summed E-state index contributed by atoms with van der Waals surface area (Å²) in [6.07, 6.45) is 0.825. The Hall–Kier alpha value is -2.08. The highest BCUT2D eigenvalue weighted by Crippen LogP contribution is 2.61. The Balaban J connectivity index is 1.76. The molecule has 8 heteroatoms. The van der Waals surface area contributed by atoms with E-state index in [-0.39, 0.29) is 6.03 Å². The minimum atomic E-state index is -2.59. The third-order valence-electron chi connectivity index (χ3n) is 5.96. The molecule has 2 aromatic rings. The van der Waals surface area contributed by atoms with E-state index in [0.29, 0.717) is 25.5 Å². The quantitative estimate of drug-likeness (QED) is 0.661. The minimum absolute atomic E-state index is 0.0539. The van der Waals surface area contributed by atoms with Crippen molar-refractivity contribution in [1.82, 2.24) is 4.67 Å². The number of urea groups is 1.